The molecule has 2 aliphatic heterocycles. The van der Waals surface area contributed by atoms with Gasteiger partial charge in [0.15, 0.2) is 0 Å². The smallest absolute Gasteiger partial charge is 0.237 e. The summed E-state index contributed by atoms with van der Waals surface area (Å²) in [5.74, 6) is 0.185. The van der Waals surface area contributed by atoms with Crippen LogP contribution in [0.2, 0.25) is 0 Å². The third kappa shape index (κ3) is 3.90. The standard InChI is InChI=1S/C19H29N3O2/c1-3-16-14-21(2)18-9-5-4-7-15(18)13-22(16)19(23)12-20-11-17-8-6-10-24-17/h4-5,7,9,16-17,20H,3,6,8,10-14H2,1-2H3/t16-,17+/m1/s1. The lowest BCUT2D eigenvalue weighted by Gasteiger charge is -2.31. The number of benzene rings is 1. The molecule has 2 aliphatic rings. The van der Waals surface area contributed by atoms with Gasteiger partial charge in [-0.15, -0.1) is 0 Å². The van der Waals surface area contributed by atoms with Gasteiger partial charge in [0, 0.05) is 45.0 Å². The van der Waals surface area contributed by atoms with Gasteiger partial charge in [0.2, 0.25) is 5.91 Å². The van der Waals surface area contributed by atoms with Crippen LogP contribution in [0, 0.1) is 0 Å². The highest BCUT2D eigenvalue weighted by Gasteiger charge is 2.28. The lowest BCUT2D eigenvalue weighted by atomic mass is 10.1. The molecule has 0 radical (unpaired) electrons. The molecule has 0 unspecified atom stereocenters. The fourth-order valence-corrected chi connectivity index (χ4v) is 3.73. The van der Waals surface area contributed by atoms with Crippen molar-refractivity contribution >= 4 is 11.6 Å². The van der Waals surface area contributed by atoms with Crippen LogP contribution in [0.3, 0.4) is 0 Å². The number of likely N-dealkylation sites (N-methyl/N-ethyl adjacent to an activating group) is 1. The Morgan fingerprint density at radius 3 is 2.96 bits per heavy atom. The summed E-state index contributed by atoms with van der Waals surface area (Å²) in [6.07, 6.45) is 3.47. The van der Waals surface area contributed by atoms with E-state index >= 15 is 0 Å². The zero-order chi connectivity index (χ0) is 16.9. The van der Waals surface area contributed by atoms with Crippen LogP contribution in [0.4, 0.5) is 5.69 Å². The average molecular weight is 331 g/mol. The molecule has 2 atom stereocenters. The fourth-order valence-electron chi connectivity index (χ4n) is 3.73. The van der Waals surface area contributed by atoms with Crippen molar-refractivity contribution in [3.8, 4) is 0 Å². The summed E-state index contributed by atoms with van der Waals surface area (Å²) in [6, 6.07) is 8.64. The Morgan fingerprint density at radius 2 is 2.21 bits per heavy atom. The van der Waals surface area contributed by atoms with E-state index in [0.29, 0.717) is 13.1 Å². The second-order valence-corrected chi connectivity index (χ2v) is 6.86. The van der Waals surface area contributed by atoms with Crippen LogP contribution in [0.5, 0.6) is 0 Å². The van der Waals surface area contributed by atoms with Crippen LogP contribution in [0.25, 0.3) is 0 Å². The van der Waals surface area contributed by atoms with Crippen LogP contribution in [-0.2, 0) is 16.1 Å². The number of nitrogens with zero attached hydrogens (tertiary/aromatic N) is 2. The molecular formula is C19H29N3O2. The topological polar surface area (TPSA) is 44.8 Å². The van der Waals surface area contributed by atoms with Crippen molar-refractivity contribution in [2.45, 2.75) is 44.9 Å². The SMILES string of the molecule is CC[C@@H]1CN(C)c2ccccc2CN1C(=O)CNC[C@@H]1CCCO1. The average Bonchev–Trinajstić information content (AvgIpc) is 3.06. The fraction of sp³-hybridized carbons (Fsp3) is 0.632. The van der Waals surface area contributed by atoms with E-state index in [1.807, 2.05) is 4.90 Å². The zero-order valence-electron chi connectivity index (χ0n) is 14.8. The Bertz CT molecular complexity index is 557. The summed E-state index contributed by atoms with van der Waals surface area (Å²) in [4.78, 5) is 17.1. The van der Waals surface area contributed by atoms with E-state index in [2.05, 4.69) is 48.5 Å². The van der Waals surface area contributed by atoms with E-state index in [9.17, 15) is 4.79 Å². The highest BCUT2D eigenvalue weighted by Crippen LogP contribution is 2.27. The van der Waals surface area contributed by atoms with Crippen molar-refractivity contribution < 1.29 is 9.53 Å². The number of para-hydroxylation sites is 1. The zero-order valence-corrected chi connectivity index (χ0v) is 14.8. The van der Waals surface area contributed by atoms with E-state index in [1.165, 1.54) is 11.3 Å². The minimum Gasteiger partial charge on any atom is -0.377 e. The molecule has 3 rings (SSSR count). The van der Waals surface area contributed by atoms with Crippen molar-refractivity contribution in [3.05, 3.63) is 29.8 Å². The predicted molar refractivity (Wildman–Crippen MR) is 96.2 cm³/mol. The number of anilines is 1. The van der Waals surface area contributed by atoms with Crippen molar-refractivity contribution in [1.82, 2.24) is 10.2 Å². The van der Waals surface area contributed by atoms with Crippen LogP contribution in [0.15, 0.2) is 24.3 Å². The van der Waals surface area contributed by atoms with E-state index < -0.39 is 0 Å². The van der Waals surface area contributed by atoms with Crippen molar-refractivity contribution in [1.29, 1.82) is 0 Å². The van der Waals surface area contributed by atoms with Gasteiger partial charge in [-0.25, -0.2) is 0 Å². The largest absolute Gasteiger partial charge is 0.377 e. The van der Waals surface area contributed by atoms with E-state index in [-0.39, 0.29) is 18.1 Å². The van der Waals surface area contributed by atoms with Crippen molar-refractivity contribution in [2.24, 2.45) is 0 Å². The van der Waals surface area contributed by atoms with Gasteiger partial charge >= 0.3 is 0 Å². The lowest BCUT2D eigenvalue weighted by Crippen LogP contribution is -2.47. The summed E-state index contributed by atoms with van der Waals surface area (Å²) in [5.41, 5.74) is 2.46. The first-order valence-corrected chi connectivity index (χ1v) is 9.10. The normalized spacial score (nSPS) is 23.9. The summed E-state index contributed by atoms with van der Waals surface area (Å²) in [6.45, 7) is 5.75. The number of nitrogens with one attached hydrogen (secondary N) is 1. The molecule has 1 fully saturated rings. The number of ether oxygens (including phenoxy) is 1. The molecule has 2 heterocycles. The highest BCUT2D eigenvalue weighted by molar-refractivity contribution is 5.79. The van der Waals surface area contributed by atoms with Gasteiger partial charge in [-0.3, -0.25) is 4.79 Å². The monoisotopic (exact) mass is 331 g/mol. The Kier molecular flexibility index (Phi) is 5.74. The lowest BCUT2D eigenvalue weighted by molar-refractivity contribution is -0.133. The van der Waals surface area contributed by atoms with Crippen LogP contribution in [-0.4, -0.2) is 56.2 Å². The number of amides is 1. The maximum absolute atomic E-state index is 12.8. The third-order valence-corrected chi connectivity index (χ3v) is 5.13. The molecule has 5 nitrogen and oxygen atoms in total. The minimum absolute atomic E-state index is 0.185. The number of hydrogen-bond acceptors (Lipinski definition) is 4. The van der Waals surface area contributed by atoms with Gasteiger partial charge in [-0.05, 0) is 30.9 Å². The van der Waals surface area contributed by atoms with Gasteiger partial charge in [0.05, 0.1) is 12.6 Å². The molecule has 0 saturated carbocycles. The number of fused-ring (bicyclic) bond motifs is 1. The molecule has 0 spiro atoms. The molecule has 1 N–H and O–H groups in total. The Labute approximate surface area is 145 Å². The molecule has 1 aromatic carbocycles. The van der Waals surface area contributed by atoms with E-state index in [1.54, 1.807) is 0 Å². The molecule has 0 aromatic heterocycles. The van der Waals surface area contributed by atoms with Gasteiger partial charge in [0.25, 0.3) is 0 Å². The molecular weight excluding hydrogens is 302 g/mol. The molecule has 132 valence electrons. The first-order chi connectivity index (χ1) is 11.7. The maximum Gasteiger partial charge on any atom is 0.237 e. The van der Waals surface area contributed by atoms with Crippen molar-refractivity contribution in [2.75, 3.05) is 38.2 Å². The van der Waals surface area contributed by atoms with Gasteiger partial charge in [-0.1, -0.05) is 25.1 Å². The first-order valence-electron chi connectivity index (χ1n) is 9.10. The summed E-state index contributed by atoms with van der Waals surface area (Å²) < 4.78 is 5.61. The molecule has 0 aliphatic carbocycles. The molecule has 1 saturated heterocycles. The van der Waals surface area contributed by atoms with Gasteiger partial charge in [-0.2, -0.15) is 0 Å². The second kappa shape index (κ2) is 7.99. The third-order valence-electron chi connectivity index (χ3n) is 5.13. The number of carbonyl (C=O) groups is 1. The molecule has 0 bridgehead atoms. The molecule has 1 amide bonds. The molecule has 5 heteroatoms. The van der Waals surface area contributed by atoms with Crippen molar-refractivity contribution in [3.63, 3.8) is 0 Å². The predicted octanol–water partition coefficient (Wildman–Crippen LogP) is 2.01. The molecule has 1 aromatic rings. The quantitative estimate of drug-likeness (QED) is 0.896. The second-order valence-electron chi connectivity index (χ2n) is 6.86. The van der Waals surface area contributed by atoms with Crippen LogP contribution in [0.1, 0.15) is 31.7 Å². The maximum atomic E-state index is 12.8. The van der Waals surface area contributed by atoms with E-state index in [0.717, 1.165) is 39.0 Å². The summed E-state index contributed by atoms with van der Waals surface area (Å²) in [7, 11) is 2.12. The first kappa shape index (κ1) is 17.2. The van der Waals surface area contributed by atoms with Crippen LogP contribution >= 0.6 is 0 Å². The number of carbonyl (C=O) groups excluding carboxylic acids is 1. The van der Waals surface area contributed by atoms with E-state index in [4.69, 9.17) is 4.74 Å². The van der Waals surface area contributed by atoms with Crippen LogP contribution < -0.4 is 10.2 Å². The van der Waals surface area contributed by atoms with Gasteiger partial charge < -0.3 is 19.9 Å². The number of rotatable bonds is 5. The Balaban J connectivity index is 1.64. The minimum atomic E-state index is 0.185. The number of hydrogen-bond donors (Lipinski definition) is 1. The Hall–Kier alpha value is -1.59. The Morgan fingerprint density at radius 1 is 1.38 bits per heavy atom. The summed E-state index contributed by atoms with van der Waals surface area (Å²) >= 11 is 0. The molecule has 24 heavy (non-hydrogen) atoms. The summed E-state index contributed by atoms with van der Waals surface area (Å²) in [5, 5.41) is 3.29. The van der Waals surface area contributed by atoms with Gasteiger partial charge in [0.1, 0.15) is 0 Å². The highest BCUT2D eigenvalue weighted by atomic mass is 16.5.